The van der Waals surface area contributed by atoms with Gasteiger partial charge in [0.2, 0.25) is 5.91 Å². The van der Waals surface area contributed by atoms with Crippen molar-refractivity contribution in [3.63, 3.8) is 0 Å². The Labute approximate surface area is 98.8 Å². The number of hydrogen-bond acceptors (Lipinski definition) is 3. The van der Waals surface area contributed by atoms with Crippen molar-refractivity contribution in [1.29, 1.82) is 0 Å². The SMILES string of the molecule is CN(C)CCCNC(=O)CC1CCCNC1. The molecule has 1 rings (SSSR count). The molecule has 4 heteroatoms. The molecule has 1 heterocycles. The predicted octanol–water partition coefficient (Wildman–Crippen LogP) is 0.444. The van der Waals surface area contributed by atoms with Gasteiger partial charge in [0.15, 0.2) is 0 Å². The zero-order valence-corrected chi connectivity index (χ0v) is 10.6. The van der Waals surface area contributed by atoms with Crippen molar-refractivity contribution in [2.45, 2.75) is 25.7 Å². The van der Waals surface area contributed by atoms with E-state index in [1.165, 1.54) is 12.8 Å². The zero-order chi connectivity index (χ0) is 11.8. The molecule has 16 heavy (non-hydrogen) atoms. The molecule has 1 saturated heterocycles. The van der Waals surface area contributed by atoms with Crippen LogP contribution in [0, 0.1) is 5.92 Å². The second kappa shape index (κ2) is 7.63. The van der Waals surface area contributed by atoms with Crippen molar-refractivity contribution in [1.82, 2.24) is 15.5 Å². The van der Waals surface area contributed by atoms with Gasteiger partial charge in [-0.05, 0) is 58.9 Å². The second-order valence-electron chi connectivity index (χ2n) is 4.92. The lowest BCUT2D eigenvalue weighted by Crippen LogP contribution is -2.34. The van der Waals surface area contributed by atoms with Gasteiger partial charge in [0.05, 0.1) is 0 Å². The van der Waals surface area contributed by atoms with Gasteiger partial charge in [0.25, 0.3) is 0 Å². The molecule has 0 aromatic rings. The Bertz CT molecular complexity index is 200. The number of nitrogens with one attached hydrogen (secondary N) is 2. The summed E-state index contributed by atoms with van der Waals surface area (Å²) in [5.41, 5.74) is 0. The third-order valence-corrected chi connectivity index (χ3v) is 2.98. The highest BCUT2D eigenvalue weighted by molar-refractivity contribution is 5.76. The van der Waals surface area contributed by atoms with E-state index in [9.17, 15) is 4.79 Å². The highest BCUT2D eigenvalue weighted by Crippen LogP contribution is 2.13. The van der Waals surface area contributed by atoms with Gasteiger partial charge < -0.3 is 15.5 Å². The van der Waals surface area contributed by atoms with Crippen molar-refractivity contribution in [3.8, 4) is 0 Å². The van der Waals surface area contributed by atoms with Crippen LogP contribution in [0.15, 0.2) is 0 Å². The summed E-state index contributed by atoms with van der Waals surface area (Å²) in [5, 5.41) is 6.33. The number of hydrogen-bond donors (Lipinski definition) is 2. The van der Waals surface area contributed by atoms with Gasteiger partial charge in [-0.3, -0.25) is 4.79 Å². The lowest BCUT2D eigenvalue weighted by atomic mass is 9.96. The van der Waals surface area contributed by atoms with Gasteiger partial charge in [-0.1, -0.05) is 0 Å². The molecule has 0 saturated carbocycles. The third-order valence-electron chi connectivity index (χ3n) is 2.98. The minimum Gasteiger partial charge on any atom is -0.356 e. The van der Waals surface area contributed by atoms with Crippen LogP contribution in [-0.2, 0) is 4.79 Å². The summed E-state index contributed by atoms with van der Waals surface area (Å²) in [6.45, 7) is 3.95. The molecule has 1 aliphatic rings. The average molecular weight is 227 g/mol. The first-order chi connectivity index (χ1) is 7.68. The number of carbonyl (C=O) groups is 1. The Morgan fingerprint density at radius 3 is 2.94 bits per heavy atom. The molecule has 0 bridgehead atoms. The predicted molar refractivity (Wildman–Crippen MR) is 66.4 cm³/mol. The minimum atomic E-state index is 0.215. The van der Waals surface area contributed by atoms with Gasteiger partial charge in [0.1, 0.15) is 0 Å². The van der Waals surface area contributed by atoms with E-state index in [0.29, 0.717) is 12.3 Å². The largest absolute Gasteiger partial charge is 0.356 e. The van der Waals surface area contributed by atoms with Crippen molar-refractivity contribution >= 4 is 5.91 Å². The first kappa shape index (κ1) is 13.5. The minimum absolute atomic E-state index is 0.215. The standard InChI is InChI=1S/C12H25N3O/c1-15(2)8-4-7-14-12(16)9-11-5-3-6-13-10-11/h11,13H,3-10H2,1-2H3,(H,14,16). The number of carbonyl (C=O) groups excluding carboxylic acids is 1. The Morgan fingerprint density at radius 1 is 1.50 bits per heavy atom. The van der Waals surface area contributed by atoms with Crippen LogP contribution >= 0.6 is 0 Å². The Hall–Kier alpha value is -0.610. The fourth-order valence-electron chi connectivity index (χ4n) is 2.06. The molecule has 1 amide bonds. The van der Waals surface area contributed by atoms with Crippen molar-refractivity contribution in [3.05, 3.63) is 0 Å². The smallest absolute Gasteiger partial charge is 0.220 e. The first-order valence-corrected chi connectivity index (χ1v) is 6.30. The summed E-state index contributed by atoms with van der Waals surface area (Å²) in [4.78, 5) is 13.7. The van der Waals surface area contributed by atoms with Crippen LogP contribution in [0.2, 0.25) is 0 Å². The van der Waals surface area contributed by atoms with Gasteiger partial charge in [0, 0.05) is 13.0 Å². The fourth-order valence-corrected chi connectivity index (χ4v) is 2.06. The van der Waals surface area contributed by atoms with Crippen molar-refractivity contribution < 1.29 is 4.79 Å². The van der Waals surface area contributed by atoms with Crippen LogP contribution in [-0.4, -0.2) is 51.1 Å². The van der Waals surface area contributed by atoms with E-state index < -0.39 is 0 Å². The average Bonchev–Trinajstić information content (AvgIpc) is 2.25. The zero-order valence-electron chi connectivity index (χ0n) is 10.6. The molecule has 0 aromatic carbocycles. The van der Waals surface area contributed by atoms with Crippen LogP contribution in [0.3, 0.4) is 0 Å². The lowest BCUT2D eigenvalue weighted by molar-refractivity contribution is -0.122. The van der Waals surface area contributed by atoms with E-state index in [4.69, 9.17) is 0 Å². The fraction of sp³-hybridized carbons (Fsp3) is 0.917. The molecule has 0 aliphatic carbocycles. The second-order valence-corrected chi connectivity index (χ2v) is 4.92. The van der Waals surface area contributed by atoms with Crippen LogP contribution in [0.25, 0.3) is 0 Å². The molecule has 0 radical (unpaired) electrons. The maximum atomic E-state index is 11.6. The monoisotopic (exact) mass is 227 g/mol. The van der Waals surface area contributed by atoms with Gasteiger partial charge in [-0.15, -0.1) is 0 Å². The Morgan fingerprint density at radius 2 is 2.31 bits per heavy atom. The third kappa shape index (κ3) is 6.08. The Kier molecular flexibility index (Phi) is 6.42. The summed E-state index contributed by atoms with van der Waals surface area (Å²) >= 11 is 0. The molecule has 0 aromatic heterocycles. The van der Waals surface area contributed by atoms with E-state index in [-0.39, 0.29) is 5.91 Å². The van der Waals surface area contributed by atoms with Gasteiger partial charge >= 0.3 is 0 Å². The van der Waals surface area contributed by atoms with Crippen molar-refractivity contribution in [2.75, 3.05) is 40.3 Å². The molecule has 0 spiro atoms. The topological polar surface area (TPSA) is 44.4 Å². The van der Waals surface area contributed by atoms with E-state index in [0.717, 1.165) is 32.6 Å². The number of nitrogens with zero attached hydrogens (tertiary/aromatic N) is 1. The molecule has 2 N–H and O–H groups in total. The van der Waals surface area contributed by atoms with Gasteiger partial charge in [-0.2, -0.15) is 0 Å². The van der Waals surface area contributed by atoms with Crippen LogP contribution in [0.1, 0.15) is 25.7 Å². The number of piperidine rings is 1. The summed E-state index contributed by atoms with van der Waals surface area (Å²) in [5.74, 6) is 0.759. The number of amides is 1. The summed E-state index contributed by atoms with van der Waals surface area (Å²) in [6.07, 6.45) is 4.12. The molecule has 1 fully saturated rings. The highest BCUT2D eigenvalue weighted by Gasteiger charge is 2.16. The summed E-state index contributed by atoms with van der Waals surface area (Å²) < 4.78 is 0. The Balaban J connectivity index is 2.01. The van der Waals surface area contributed by atoms with Crippen LogP contribution < -0.4 is 10.6 Å². The molecule has 4 nitrogen and oxygen atoms in total. The molecule has 1 unspecified atom stereocenters. The lowest BCUT2D eigenvalue weighted by Gasteiger charge is -2.22. The summed E-state index contributed by atoms with van der Waals surface area (Å²) in [6, 6.07) is 0. The molecule has 1 atom stereocenters. The molecule has 1 aliphatic heterocycles. The highest BCUT2D eigenvalue weighted by atomic mass is 16.1. The quantitative estimate of drug-likeness (QED) is 0.647. The molecule has 94 valence electrons. The molecular weight excluding hydrogens is 202 g/mol. The number of rotatable bonds is 6. The normalized spacial score (nSPS) is 21.1. The van der Waals surface area contributed by atoms with Crippen LogP contribution in [0.4, 0.5) is 0 Å². The van der Waals surface area contributed by atoms with E-state index in [1.807, 2.05) is 0 Å². The van der Waals surface area contributed by atoms with Gasteiger partial charge in [-0.25, -0.2) is 0 Å². The van der Waals surface area contributed by atoms with E-state index >= 15 is 0 Å². The summed E-state index contributed by atoms with van der Waals surface area (Å²) in [7, 11) is 4.10. The van der Waals surface area contributed by atoms with E-state index in [1.54, 1.807) is 0 Å². The first-order valence-electron chi connectivity index (χ1n) is 6.30. The van der Waals surface area contributed by atoms with Crippen LogP contribution in [0.5, 0.6) is 0 Å². The van der Waals surface area contributed by atoms with Crippen molar-refractivity contribution in [2.24, 2.45) is 5.92 Å². The maximum absolute atomic E-state index is 11.6. The maximum Gasteiger partial charge on any atom is 0.220 e. The molecular formula is C12H25N3O. The van der Waals surface area contributed by atoms with E-state index in [2.05, 4.69) is 29.6 Å².